The van der Waals surface area contributed by atoms with Crippen molar-refractivity contribution in [3.63, 3.8) is 0 Å². The molecule has 0 saturated heterocycles. The molecule has 0 aliphatic rings. The highest BCUT2D eigenvalue weighted by atomic mass is 79.9. The fourth-order valence-corrected chi connectivity index (χ4v) is 1.22. The van der Waals surface area contributed by atoms with Crippen LogP contribution in [0.1, 0.15) is 24.2 Å². The van der Waals surface area contributed by atoms with E-state index in [1.807, 2.05) is 13.8 Å². The first-order chi connectivity index (χ1) is 7.07. The van der Waals surface area contributed by atoms with E-state index < -0.39 is 5.97 Å². The van der Waals surface area contributed by atoms with Crippen molar-refractivity contribution in [3.05, 3.63) is 22.2 Å². The van der Waals surface area contributed by atoms with Crippen molar-refractivity contribution >= 4 is 27.6 Å². The predicted octanol–water partition coefficient (Wildman–Crippen LogP) is 2.55. The standard InChI is InChI=1S/C8H8BrNO3.C2H6/c1-13-8(12)4-2-3-5(9)7(11)6(4)10;1-2/h2-3,11H,10H2,1H3;1-2H3. The maximum atomic E-state index is 11.1. The van der Waals surface area contributed by atoms with Crippen LogP contribution < -0.4 is 5.73 Å². The van der Waals surface area contributed by atoms with Gasteiger partial charge in [0.15, 0.2) is 5.75 Å². The summed E-state index contributed by atoms with van der Waals surface area (Å²) < 4.78 is 4.91. The predicted molar refractivity (Wildman–Crippen MR) is 62.9 cm³/mol. The van der Waals surface area contributed by atoms with Crippen molar-refractivity contribution in [2.24, 2.45) is 0 Å². The van der Waals surface area contributed by atoms with Crippen LogP contribution in [0.3, 0.4) is 0 Å². The molecule has 0 atom stereocenters. The van der Waals surface area contributed by atoms with Gasteiger partial charge in [-0.2, -0.15) is 0 Å². The van der Waals surface area contributed by atoms with E-state index in [1.54, 1.807) is 0 Å². The number of ether oxygens (including phenoxy) is 1. The van der Waals surface area contributed by atoms with Crippen LogP contribution in [-0.2, 0) is 4.74 Å². The maximum absolute atomic E-state index is 11.1. The minimum atomic E-state index is -0.569. The third kappa shape index (κ3) is 3.13. The van der Waals surface area contributed by atoms with Crippen LogP contribution in [0.25, 0.3) is 0 Å². The number of benzene rings is 1. The van der Waals surface area contributed by atoms with Crippen LogP contribution in [0.15, 0.2) is 16.6 Å². The lowest BCUT2D eigenvalue weighted by atomic mass is 10.1. The zero-order valence-corrected chi connectivity index (χ0v) is 10.5. The molecule has 5 heteroatoms. The Balaban J connectivity index is 0.000000921. The average molecular weight is 276 g/mol. The summed E-state index contributed by atoms with van der Waals surface area (Å²) in [5.74, 6) is -0.719. The second-order valence-corrected chi connectivity index (χ2v) is 3.20. The smallest absolute Gasteiger partial charge is 0.340 e. The number of nitrogens with two attached hydrogens (primary N) is 1. The first-order valence-corrected chi connectivity index (χ1v) is 5.22. The number of phenols is 1. The minimum absolute atomic E-state index is 0.0150. The Bertz CT molecular complexity index is 353. The number of hydrogen-bond acceptors (Lipinski definition) is 4. The number of carbonyl (C=O) groups excluding carboxylic acids is 1. The van der Waals surface area contributed by atoms with Gasteiger partial charge in [0.05, 0.1) is 22.8 Å². The Morgan fingerprint density at radius 3 is 2.47 bits per heavy atom. The maximum Gasteiger partial charge on any atom is 0.340 e. The summed E-state index contributed by atoms with van der Waals surface area (Å²) in [5.41, 5.74) is 5.65. The number of esters is 1. The number of rotatable bonds is 1. The summed E-state index contributed by atoms with van der Waals surface area (Å²) in [5, 5.41) is 9.35. The summed E-state index contributed by atoms with van der Waals surface area (Å²) in [6.45, 7) is 4.00. The fourth-order valence-electron chi connectivity index (χ4n) is 0.869. The minimum Gasteiger partial charge on any atom is -0.505 e. The van der Waals surface area contributed by atoms with Gasteiger partial charge < -0.3 is 15.6 Å². The monoisotopic (exact) mass is 275 g/mol. The zero-order chi connectivity index (χ0) is 12.0. The Hall–Kier alpha value is -1.23. The van der Waals surface area contributed by atoms with Crippen molar-refractivity contribution in [1.29, 1.82) is 0 Å². The van der Waals surface area contributed by atoms with E-state index in [0.29, 0.717) is 4.47 Å². The van der Waals surface area contributed by atoms with Gasteiger partial charge in [-0.1, -0.05) is 13.8 Å². The number of hydrogen-bond donors (Lipinski definition) is 2. The number of nitrogen functional groups attached to an aromatic ring is 1. The van der Waals surface area contributed by atoms with Gasteiger partial charge in [0.1, 0.15) is 0 Å². The number of halogens is 1. The van der Waals surface area contributed by atoms with Crippen molar-refractivity contribution in [2.45, 2.75) is 13.8 Å². The molecule has 0 bridgehead atoms. The summed E-state index contributed by atoms with van der Waals surface area (Å²) in [7, 11) is 1.25. The molecule has 0 heterocycles. The van der Waals surface area contributed by atoms with E-state index in [9.17, 15) is 9.90 Å². The van der Waals surface area contributed by atoms with Gasteiger partial charge in [0.25, 0.3) is 0 Å². The van der Waals surface area contributed by atoms with E-state index in [0.717, 1.165) is 0 Å². The van der Waals surface area contributed by atoms with Crippen molar-refractivity contribution in [1.82, 2.24) is 0 Å². The summed E-state index contributed by atoms with van der Waals surface area (Å²) in [4.78, 5) is 11.1. The van der Waals surface area contributed by atoms with Gasteiger partial charge in [-0.3, -0.25) is 0 Å². The number of aromatic hydroxyl groups is 1. The Morgan fingerprint density at radius 1 is 1.47 bits per heavy atom. The zero-order valence-electron chi connectivity index (χ0n) is 8.87. The molecule has 4 nitrogen and oxygen atoms in total. The van der Waals surface area contributed by atoms with Gasteiger partial charge in [-0.25, -0.2) is 4.79 Å². The molecule has 0 fully saturated rings. The van der Waals surface area contributed by atoms with Crippen LogP contribution in [0.4, 0.5) is 5.69 Å². The highest BCUT2D eigenvalue weighted by Crippen LogP contribution is 2.32. The van der Waals surface area contributed by atoms with Crippen molar-refractivity contribution in [3.8, 4) is 5.75 Å². The third-order valence-electron chi connectivity index (χ3n) is 1.57. The lowest BCUT2D eigenvalue weighted by Crippen LogP contribution is -2.05. The molecule has 0 aromatic heterocycles. The molecular weight excluding hydrogens is 262 g/mol. The van der Waals surface area contributed by atoms with Crippen molar-refractivity contribution in [2.75, 3.05) is 12.8 Å². The Morgan fingerprint density at radius 2 is 2.00 bits per heavy atom. The molecule has 0 radical (unpaired) electrons. The molecule has 0 saturated carbocycles. The largest absolute Gasteiger partial charge is 0.505 e. The number of carbonyl (C=O) groups is 1. The first-order valence-electron chi connectivity index (χ1n) is 4.43. The Kier molecular flexibility index (Phi) is 5.77. The van der Waals surface area contributed by atoms with Crippen LogP contribution in [0, 0.1) is 0 Å². The van der Waals surface area contributed by atoms with Crippen LogP contribution in [0.5, 0.6) is 5.75 Å². The molecule has 1 aromatic rings. The second kappa shape index (κ2) is 6.29. The number of methoxy groups -OCH3 is 1. The molecule has 3 N–H and O–H groups in total. The molecule has 0 aliphatic carbocycles. The van der Waals surface area contributed by atoms with E-state index in [1.165, 1.54) is 19.2 Å². The first kappa shape index (κ1) is 13.8. The molecule has 84 valence electrons. The number of anilines is 1. The molecule has 0 amide bonds. The van der Waals surface area contributed by atoms with Crippen LogP contribution >= 0.6 is 15.9 Å². The second-order valence-electron chi connectivity index (χ2n) is 2.35. The third-order valence-corrected chi connectivity index (χ3v) is 2.21. The van der Waals surface area contributed by atoms with Crippen LogP contribution in [0.2, 0.25) is 0 Å². The normalized spacial score (nSPS) is 8.80. The summed E-state index contributed by atoms with van der Waals surface area (Å²) in [6.07, 6.45) is 0. The summed E-state index contributed by atoms with van der Waals surface area (Å²) in [6, 6.07) is 3.00. The van der Waals surface area contributed by atoms with E-state index in [4.69, 9.17) is 5.73 Å². The lowest BCUT2D eigenvalue weighted by Gasteiger charge is -2.06. The van der Waals surface area contributed by atoms with E-state index >= 15 is 0 Å². The van der Waals surface area contributed by atoms with Crippen molar-refractivity contribution < 1.29 is 14.6 Å². The average Bonchev–Trinajstić information content (AvgIpc) is 2.28. The topological polar surface area (TPSA) is 72.5 Å². The van der Waals surface area contributed by atoms with Gasteiger partial charge in [0, 0.05) is 0 Å². The molecule has 15 heavy (non-hydrogen) atoms. The van der Waals surface area contributed by atoms with Crippen LogP contribution in [-0.4, -0.2) is 18.2 Å². The SMILES string of the molecule is CC.COC(=O)c1ccc(Br)c(O)c1N. The molecular formula is C10H14BrNO3. The fraction of sp³-hybridized carbons (Fsp3) is 0.300. The number of phenolic OH excluding ortho intramolecular Hbond substituents is 1. The van der Waals surface area contributed by atoms with Gasteiger partial charge >= 0.3 is 5.97 Å². The lowest BCUT2D eigenvalue weighted by molar-refractivity contribution is 0.0601. The quantitative estimate of drug-likeness (QED) is 0.469. The highest BCUT2D eigenvalue weighted by molar-refractivity contribution is 9.10. The van der Waals surface area contributed by atoms with Gasteiger partial charge in [-0.05, 0) is 28.1 Å². The molecule has 1 rings (SSSR count). The van der Waals surface area contributed by atoms with E-state index in [2.05, 4.69) is 20.7 Å². The molecule has 0 spiro atoms. The molecule has 0 unspecified atom stereocenters. The van der Waals surface area contributed by atoms with Gasteiger partial charge in [-0.15, -0.1) is 0 Å². The Labute approximate surface area is 97.2 Å². The van der Waals surface area contributed by atoms with E-state index in [-0.39, 0.29) is 17.0 Å². The molecule has 0 aliphatic heterocycles. The summed E-state index contributed by atoms with van der Waals surface area (Å²) >= 11 is 3.07. The highest BCUT2D eigenvalue weighted by Gasteiger charge is 2.14. The molecule has 1 aromatic carbocycles. The van der Waals surface area contributed by atoms with Gasteiger partial charge in [0.2, 0.25) is 0 Å².